The lowest BCUT2D eigenvalue weighted by atomic mass is 9.86. The molecule has 0 aromatic heterocycles. The summed E-state index contributed by atoms with van der Waals surface area (Å²) in [5.74, 6) is -1.65. The van der Waals surface area contributed by atoms with E-state index in [4.69, 9.17) is 0 Å². The maximum absolute atomic E-state index is 13.5. The van der Waals surface area contributed by atoms with Gasteiger partial charge in [-0.05, 0) is 66.5 Å². The molecule has 0 radical (unpaired) electrons. The summed E-state index contributed by atoms with van der Waals surface area (Å²) in [6.07, 6.45) is 3.31. The van der Waals surface area contributed by atoms with Crippen molar-refractivity contribution in [1.82, 2.24) is 10.6 Å². The number of aliphatic hydroxyl groups is 1. The number of aryl methyl sites for hydroxylation is 2. The zero-order valence-electron chi connectivity index (χ0n) is 17.6. The van der Waals surface area contributed by atoms with E-state index in [0.717, 1.165) is 31.7 Å². The Morgan fingerprint density at radius 3 is 2.57 bits per heavy atom. The highest BCUT2D eigenvalue weighted by Gasteiger charge is 2.25. The number of carbonyl (C=O) groups excluding carboxylic acids is 1. The van der Waals surface area contributed by atoms with Crippen LogP contribution in [0.15, 0.2) is 36.4 Å². The summed E-state index contributed by atoms with van der Waals surface area (Å²) in [6.45, 7) is 3.76. The first kappa shape index (κ1) is 22.4. The Kier molecular flexibility index (Phi) is 7.56. The van der Waals surface area contributed by atoms with Crippen molar-refractivity contribution in [2.45, 2.75) is 64.1 Å². The van der Waals surface area contributed by atoms with Crippen molar-refractivity contribution in [2.75, 3.05) is 6.54 Å². The van der Waals surface area contributed by atoms with Gasteiger partial charge in [-0.15, -0.1) is 0 Å². The van der Waals surface area contributed by atoms with E-state index in [2.05, 4.69) is 35.8 Å². The molecule has 162 valence electrons. The second-order valence-corrected chi connectivity index (χ2v) is 8.10. The first-order chi connectivity index (χ1) is 14.4. The Morgan fingerprint density at radius 2 is 1.90 bits per heavy atom. The maximum atomic E-state index is 13.5. The van der Waals surface area contributed by atoms with E-state index in [-0.39, 0.29) is 24.9 Å². The lowest BCUT2D eigenvalue weighted by molar-refractivity contribution is -0.120. The number of hydrogen-bond acceptors (Lipinski definition) is 3. The van der Waals surface area contributed by atoms with E-state index < -0.39 is 23.8 Å². The third-order valence-electron chi connectivity index (χ3n) is 5.74. The number of fused-ring (bicyclic) bond motifs is 1. The van der Waals surface area contributed by atoms with Gasteiger partial charge in [-0.25, -0.2) is 8.78 Å². The average Bonchev–Trinajstić information content (AvgIpc) is 2.70. The predicted molar refractivity (Wildman–Crippen MR) is 113 cm³/mol. The topological polar surface area (TPSA) is 61.4 Å². The van der Waals surface area contributed by atoms with Crippen LogP contribution in [0.4, 0.5) is 8.78 Å². The lowest BCUT2D eigenvalue weighted by Gasteiger charge is -2.30. The standard InChI is InChI=1S/C24H30F2N2O2/c1-3-16-7-8-18-5-4-6-22(21(18)11-16)27-14-24(30)23(28-15(2)29)12-17-9-19(25)13-20(26)10-17/h7-11,13,22-24,27,30H,3-6,12,14H2,1-2H3,(H,28,29)/t22?,23-,24+/m0/s1. The summed E-state index contributed by atoms with van der Waals surface area (Å²) in [7, 11) is 0. The largest absolute Gasteiger partial charge is 0.390 e. The number of benzene rings is 2. The first-order valence-electron chi connectivity index (χ1n) is 10.6. The number of hydrogen-bond donors (Lipinski definition) is 3. The summed E-state index contributed by atoms with van der Waals surface area (Å²) in [6, 6.07) is 9.33. The molecule has 6 heteroatoms. The summed E-state index contributed by atoms with van der Waals surface area (Å²) < 4.78 is 27.1. The molecule has 0 fully saturated rings. The molecule has 1 unspecified atom stereocenters. The number of carbonyl (C=O) groups is 1. The summed E-state index contributed by atoms with van der Waals surface area (Å²) in [5, 5.41) is 16.9. The molecule has 0 spiro atoms. The average molecular weight is 417 g/mol. The van der Waals surface area contributed by atoms with Crippen molar-refractivity contribution in [3.05, 3.63) is 70.3 Å². The normalized spacial score (nSPS) is 17.8. The Balaban J connectivity index is 1.69. The summed E-state index contributed by atoms with van der Waals surface area (Å²) in [4.78, 5) is 11.6. The molecule has 3 atom stereocenters. The molecule has 1 aliphatic carbocycles. The minimum Gasteiger partial charge on any atom is -0.390 e. The van der Waals surface area contributed by atoms with Crippen molar-refractivity contribution >= 4 is 5.91 Å². The molecule has 2 aromatic rings. The monoisotopic (exact) mass is 416 g/mol. The van der Waals surface area contributed by atoms with Gasteiger partial charge in [0.2, 0.25) is 5.91 Å². The van der Waals surface area contributed by atoms with Crippen molar-refractivity contribution < 1.29 is 18.7 Å². The highest BCUT2D eigenvalue weighted by molar-refractivity contribution is 5.73. The smallest absolute Gasteiger partial charge is 0.217 e. The van der Waals surface area contributed by atoms with Crippen LogP contribution in [0, 0.1) is 11.6 Å². The number of nitrogens with one attached hydrogen (secondary N) is 2. The number of rotatable bonds is 8. The minimum atomic E-state index is -0.903. The van der Waals surface area contributed by atoms with Gasteiger partial charge in [0.1, 0.15) is 11.6 Å². The Bertz CT molecular complexity index is 867. The molecule has 3 rings (SSSR count). The van der Waals surface area contributed by atoms with E-state index in [1.54, 1.807) is 0 Å². The van der Waals surface area contributed by atoms with Crippen molar-refractivity contribution in [3.8, 4) is 0 Å². The Labute approximate surface area is 176 Å². The highest BCUT2D eigenvalue weighted by Crippen LogP contribution is 2.30. The third kappa shape index (κ3) is 5.86. The van der Waals surface area contributed by atoms with Crippen LogP contribution in [-0.4, -0.2) is 29.7 Å². The van der Waals surface area contributed by atoms with Gasteiger partial charge >= 0.3 is 0 Å². The van der Waals surface area contributed by atoms with Gasteiger partial charge in [0.25, 0.3) is 0 Å². The molecule has 0 bridgehead atoms. The fraction of sp³-hybridized carbons (Fsp3) is 0.458. The number of halogens is 2. The fourth-order valence-electron chi connectivity index (χ4n) is 4.21. The minimum absolute atomic E-state index is 0.137. The van der Waals surface area contributed by atoms with Crippen molar-refractivity contribution in [3.63, 3.8) is 0 Å². The molecule has 4 nitrogen and oxygen atoms in total. The second-order valence-electron chi connectivity index (χ2n) is 8.10. The maximum Gasteiger partial charge on any atom is 0.217 e. The fourth-order valence-corrected chi connectivity index (χ4v) is 4.21. The summed E-state index contributed by atoms with van der Waals surface area (Å²) >= 11 is 0. The molecular formula is C24H30F2N2O2. The van der Waals surface area contributed by atoms with E-state index in [1.807, 2.05) is 0 Å². The molecule has 30 heavy (non-hydrogen) atoms. The van der Waals surface area contributed by atoms with Crippen LogP contribution in [-0.2, 0) is 24.1 Å². The van der Waals surface area contributed by atoms with Gasteiger partial charge in [-0.2, -0.15) is 0 Å². The first-order valence-corrected chi connectivity index (χ1v) is 10.6. The zero-order chi connectivity index (χ0) is 21.7. The van der Waals surface area contributed by atoms with Crippen LogP contribution in [0.3, 0.4) is 0 Å². The van der Waals surface area contributed by atoms with Crippen molar-refractivity contribution in [2.24, 2.45) is 0 Å². The molecule has 0 heterocycles. The van der Waals surface area contributed by atoms with Crippen LogP contribution in [0.5, 0.6) is 0 Å². The van der Waals surface area contributed by atoms with Crippen LogP contribution in [0.1, 0.15) is 55.0 Å². The number of amides is 1. The molecule has 1 aliphatic rings. The molecule has 3 N–H and O–H groups in total. The van der Waals surface area contributed by atoms with Gasteiger partial charge in [-0.1, -0.05) is 25.1 Å². The van der Waals surface area contributed by atoms with E-state index in [1.165, 1.54) is 35.7 Å². The lowest BCUT2D eigenvalue weighted by Crippen LogP contribution is -2.48. The zero-order valence-corrected chi connectivity index (χ0v) is 17.6. The van der Waals surface area contributed by atoms with Crippen LogP contribution < -0.4 is 10.6 Å². The summed E-state index contributed by atoms with van der Waals surface area (Å²) in [5.41, 5.74) is 4.28. The van der Waals surface area contributed by atoms with Gasteiger partial charge < -0.3 is 15.7 Å². The van der Waals surface area contributed by atoms with Gasteiger partial charge in [0.15, 0.2) is 0 Å². The van der Waals surface area contributed by atoms with Crippen molar-refractivity contribution in [1.29, 1.82) is 0 Å². The quantitative estimate of drug-likeness (QED) is 0.616. The van der Waals surface area contributed by atoms with Gasteiger partial charge in [-0.3, -0.25) is 4.79 Å². The molecule has 0 saturated carbocycles. The number of aliphatic hydroxyl groups excluding tert-OH is 1. The Morgan fingerprint density at radius 1 is 1.17 bits per heavy atom. The predicted octanol–water partition coefficient (Wildman–Crippen LogP) is 3.60. The molecule has 0 aliphatic heterocycles. The van der Waals surface area contributed by atoms with E-state index in [9.17, 15) is 18.7 Å². The highest BCUT2D eigenvalue weighted by atomic mass is 19.1. The molecular weight excluding hydrogens is 386 g/mol. The van der Waals surface area contributed by atoms with Crippen LogP contribution >= 0.6 is 0 Å². The van der Waals surface area contributed by atoms with Crippen LogP contribution in [0.2, 0.25) is 0 Å². The van der Waals surface area contributed by atoms with Gasteiger partial charge in [0.05, 0.1) is 12.1 Å². The van der Waals surface area contributed by atoms with E-state index >= 15 is 0 Å². The van der Waals surface area contributed by atoms with E-state index in [0.29, 0.717) is 5.56 Å². The third-order valence-corrected chi connectivity index (χ3v) is 5.74. The SMILES string of the molecule is CCc1ccc2c(c1)C(NC[C@@H](O)[C@H](Cc1cc(F)cc(F)c1)NC(C)=O)CCC2. The Hall–Kier alpha value is -2.31. The van der Waals surface area contributed by atoms with Gasteiger partial charge in [0, 0.05) is 25.6 Å². The molecule has 2 aromatic carbocycles. The molecule has 0 saturated heterocycles. The second kappa shape index (κ2) is 10.1. The molecule has 1 amide bonds. The van der Waals surface area contributed by atoms with Crippen LogP contribution in [0.25, 0.3) is 0 Å².